The van der Waals surface area contributed by atoms with Crippen molar-refractivity contribution in [3.8, 4) is 5.75 Å². The maximum Gasteiger partial charge on any atom is 0.260 e. The number of benzene rings is 1. The molecular weight excluding hydrogens is 505 g/mol. The summed E-state index contributed by atoms with van der Waals surface area (Å²) in [5.41, 5.74) is 1.49. The van der Waals surface area contributed by atoms with Crippen molar-refractivity contribution >= 4 is 29.6 Å². The number of aliphatic hydroxyl groups excluding tert-OH is 1. The van der Waals surface area contributed by atoms with Gasteiger partial charge in [-0.2, -0.15) is 4.98 Å². The molecular formula is C27H36FN7O4. The van der Waals surface area contributed by atoms with E-state index >= 15 is 0 Å². The molecule has 5 rings (SSSR count). The van der Waals surface area contributed by atoms with Crippen molar-refractivity contribution in [1.29, 1.82) is 0 Å². The number of carbonyl (C=O) groups is 2. The lowest BCUT2D eigenvalue weighted by Gasteiger charge is -2.34. The Balaban J connectivity index is 0.00000353. The summed E-state index contributed by atoms with van der Waals surface area (Å²) in [7, 11) is 0. The highest BCUT2D eigenvalue weighted by Gasteiger charge is 2.44. The van der Waals surface area contributed by atoms with Crippen LogP contribution in [0.2, 0.25) is 0 Å². The van der Waals surface area contributed by atoms with E-state index in [4.69, 9.17) is 9.84 Å². The largest absolute Gasteiger partial charge is 0.483 e. The first-order valence-corrected chi connectivity index (χ1v) is 13.0. The van der Waals surface area contributed by atoms with E-state index in [2.05, 4.69) is 37.7 Å². The highest BCUT2D eigenvalue weighted by molar-refractivity contribution is 5.78. The molecule has 1 aliphatic heterocycles. The van der Waals surface area contributed by atoms with Gasteiger partial charge in [-0.1, -0.05) is 18.2 Å². The van der Waals surface area contributed by atoms with E-state index in [1.165, 1.54) is 0 Å². The number of hydrogen-bond acceptors (Lipinski definition) is 10. The molecule has 4 atom stereocenters. The Labute approximate surface area is 227 Å². The molecule has 39 heavy (non-hydrogen) atoms. The van der Waals surface area contributed by atoms with E-state index in [-0.39, 0.29) is 60.8 Å². The molecule has 210 valence electrons. The number of nitrogens with zero attached hydrogens (tertiary/aromatic N) is 4. The Bertz CT molecular complexity index is 1200. The van der Waals surface area contributed by atoms with E-state index in [1.807, 2.05) is 19.1 Å². The topological polar surface area (TPSA) is 155 Å². The first-order valence-electron chi connectivity index (χ1n) is 13.0. The Morgan fingerprint density at radius 2 is 2.00 bits per heavy atom. The summed E-state index contributed by atoms with van der Waals surface area (Å²) < 4.78 is 20.4. The highest BCUT2D eigenvalue weighted by Crippen LogP contribution is 2.44. The molecule has 2 aromatic rings. The number of fused-ring (bicyclic) bond motifs is 2. The minimum atomic E-state index is -0.587. The third-order valence-corrected chi connectivity index (χ3v) is 7.66. The van der Waals surface area contributed by atoms with Crippen LogP contribution in [0.1, 0.15) is 12.0 Å². The van der Waals surface area contributed by atoms with Gasteiger partial charge in [0.15, 0.2) is 18.2 Å². The van der Waals surface area contributed by atoms with Crippen molar-refractivity contribution in [3.05, 3.63) is 47.9 Å². The van der Waals surface area contributed by atoms with Crippen molar-refractivity contribution in [2.45, 2.75) is 19.4 Å². The van der Waals surface area contributed by atoms with Crippen LogP contribution in [0, 0.1) is 30.5 Å². The van der Waals surface area contributed by atoms with Crippen LogP contribution in [0.4, 0.5) is 21.8 Å². The number of halogens is 1. The average Bonchev–Trinajstić information content (AvgIpc) is 3.53. The molecule has 1 aromatic heterocycles. The van der Waals surface area contributed by atoms with Crippen molar-refractivity contribution < 1.29 is 23.8 Å². The summed E-state index contributed by atoms with van der Waals surface area (Å²) in [4.78, 5) is 36.5. The van der Waals surface area contributed by atoms with Crippen LogP contribution in [0.5, 0.6) is 5.75 Å². The Morgan fingerprint density at radius 3 is 2.74 bits per heavy atom. The lowest BCUT2D eigenvalue weighted by Crippen LogP contribution is -2.50. The number of hydrogen-bond donors (Lipinski definition) is 4. The minimum Gasteiger partial charge on any atom is -0.483 e. The second-order valence-corrected chi connectivity index (χ2v) is 10.1. The fourth-order valence-electron chi connectivity index (χ4n) is 5.49. The van der Waals surface area contributed by atoms with Crippen LogP contribution >= 0.6 is 0 Å². The molecule has 11 nitrogen and oxygen atoms in total. The number of aliphatic hydroxyl groups is 1. The fraction of sp³-hybridized carbons (Fsp3) is 0.481. The Hall–Kier alpha value is -3.61. The van der Waals surface area contributed by atoms with Crippen molar-refractivity contribution in [2.24, 2.45) is 17.8 Å². The van der Waals surface area contributed by atoms with E-state index in [1.54, 1.807) is 11.0 Å². The number of anilines is 3. The van der Waals surface area contributed by atoms with Gasteiger partial charge in [0, 0.05) is 56.4 Å². The molecule has 2 bridgehead atoms. The number of allylic oxidation sites excluding steroid dienone is 1. The van der Waals surface area contributed by atoms with Gasteiger partial charge in [-0.15, -0.1) is 0 Å². The second-order valence-electron chi connectivity index (χ2n) is 10.1. The van der Waals surface area contributed by atoms with Gasteiger partial charge < -0.3 is 36.3 Å². The van der Waals surface area contributed by atoms with Gasteiger partial charge in [-0.3, -0.25) is 9.69 Å². The lowest BCUT2D eigenvalue weighted by atomic mass is 9.90. The van der Waals surface area contributed by atoms with E-state index < -0.39 is 5.82 Å². The van der Waals surface area contributed by atoms with E-state index in [0.717, 1.165) is 37.6 Å². The SMILES string of the molecule is Cc1ccc(Nc2ncc(F)c(NC3C4C=CC(C4)C3C=O)n2)cc1OCC(=O)N1CCN(CCO)CC1.N. The van der Waals surface area contributed by atoms with Gasteiger partial charge >= 0.3 is 0 Å². The summed E-state index contributed by atoms with van der Waals surface area (Å²) in [6.45, 7) is 5.20. The molecule has 2 heterocycles. The molecule has 1 saturated carbocycles. The molecule has 0 radical (unpaired) electrons. The first kappa shape index (κ1) is 28.4. The highest BCUT2D eigenvalue weighted by atomic mass is 19.1. The second kappa shape index (κ2) is 12.5. The van der Waals surface area contributed by atoms with Crippen molar-refractivity contribution in [3.63, 3.8) is 0 Å². The Kier molecular flexibility index (Phi) is 9.10. The number of nitrogens with one attached hydrogen (secondary N) is 2. The molecule has 6 N–H and O–H groups in total. The Morgan fingerprint density at radius 1 is 1.23 bits per heavy atom. The van der Waals surface area contributed by atoms with Gasteiger partial charge in [0.2, 0.25) is 5.95 Å². The predicted molar refractivity (Wildman–Crippen MR) is 145 cm³/mol. The number of ether oxygens (including phenoxy) is 1. The summed E-state index contributed by atoms with van der Waals surface area (Å²) in [6.07, 6.45) is 7.07. The molecule has 12 heteroatoms. The van der Waals surface area contributed by atoms with Gasteiger partial charge in [-0.25, -0.2) is 9.37 Å². The number of amides is 1. The summed E-state index contributed by atoms with van der Waals surface area (Å²) in [5, 5.41) is 15.3. The number of carbonyl (C=O) groups excluding carboxylic acids is 2. The number of piperazine rings is 1. The van der Waals surface area contributed by atoms with Gasteiger partial charge in [0.05, 0.1) is 12.8 Å². The number of aldehydes is 1. The molecule has 1 saturated heterocycles. The predicted octanol–water partition coefficient (Wildman–Crippen LogP) is 2.15. The van der Waals surface area contributed by atoms with Gasteiger partial charge in [-0.05, 0) is 36.8 Å². The van der Waals surface area contributed by atoms with E-state index in [0.29, 0.717) is 31.1 Å². The molecule has 2 aliphatic carbocycles. The average molecular weight is 542 g/mol. The first-order chi connectivity index (χ1) is 18.4. The van der Waals surface area contributed by atoms with E-state index in [9.17, 15) is 14.0 Å². The summed E-state index contributed by atoms with van der Waals surface area (Å²) in [6, 6.07) is 5.24. The number of rotatable bonds is 10. The third-order valence-electron chi connectivity index (χ3n) is 7.66. The maximum absolute atomic E-state index is 14.6. The minimum absolute atomic E-state index is 0. The molecule has 0 spiro atoms. The number of aryl methyl sites for hydroxylation is 1. The van der Waals surface area contributed by atoms with Crippen molar-refractivity contribution in [1.82, 2.24) is 25.9 Å². The van der Waals surface area contributed by atoms with Crippen LogP contribution in [0.3, 0.4) is 0 Å². The summed E-state index contributed by atoms with van der Waals surface area (Å²) in [5.74, 6) is 0.264. The lowest BCUT2D eigenvalue weighted by molar-refractivity contribution is -0.135. The third kappa shape index (κ3) is 6.35. The van der Waals surface area contributed by atoms with Crippen LogP contribution in [-0.4, -0.2) is 89.0 Å². The molecule has 2 fully saturated rings. The van der Waals surface area contributed by atoms with Gasteiger partial charge in [0.1, 0.15) is 12.0 Å². The standard InChI is InChI=1S/C27H33FN6O4.H3N/c1-17-2-5-20(13-23(17)38-16-24(37)34-8-6-33(7-9-34)10-11-35)30-27-29-14-22(28)26(32-27)31-25-19-4-3-18(12-19)21(25)15-36;/h2-5,13-15,18-19,21,25,35H,6-12,16H2,1H3,(H2,29,30,31,32);1H3. The smallest absolute Gasteiger partial charge is 0.260 e. The molecule has 4 unspecified atom stereocenters. The molecule has 1 amide bonds. The van der Waals surface area contributed by atoms with Gasteiger partial charge in [0.25, 0.3) is 5.91 Å². The maximum atomic E-state index is 14.6. The zero-order chi connectivity index (χ0) is 26.6. The number of β-amino-alcohol motifs (C(OH)–C–C–N with tert-alkyl or cyclic N) is 1. The van der Waals surface area contributed by atoms with Crippen LogP contribution in [0.15, 0.2) is 36.5 Å². The quantitative estimate of drug-likeness (QED) is 0.260. The van der Waals surface area contributed by atoms with Crippen LogP contribution < -0.4 is 21.5 Å². The molecule has 3 aliphatic rings. The zero-order valence-corrected chi connectivity index (χ0v) is 22.1. The fourth-order valence-corrected chi connectivity index (χ4v) is 5.49. The molecule has 1 aromatic carbocycles. The zero-order valence-electron chi connectivity index (χ0n) is 22.1. The normalized spacial score (nSPS) is 23.8. The van der Waals surface area contributed by atoms with Crippen molar-refractivity contribution in [2.75, 3.05) is 56.6 Å². The monoisotopic (exact) mass is 541 g/mol. The van der Waals surface area contributed by atoms with Crippen LogP contribution in [-0.2, 0) is 9.59 Å². The summed E-state index contributed by atoms with van der Waals surface area (Å²) >= 11 is 0. The van der Waals surface area contributed by atoms with Crippen LogP contribution in [0.25, 0.3) is 0 Å². The number of aromatic nitrogens is 2.